The fraction of sp³-hybridized carbons (Fsp3) is 0.364. The van der Waals surface area contributed by atoms with Crippen LogP contribution in [0.2, 0.25) is 5.02 Å². The molecule has 1 aliphatic heterocycles. The third-order valence-electron chi connectivity index (χ3n) is 5.92. The van der Waals surface area contributed by atoms with Crippen molar-refractivity contribution in [1.82, 2.24) is 4.31 Å². The van der Waals surface area contributed by atoms with Crippen molar-refractivity contribution < 1.29 is 8.42 Å². The smallest absolute Gasteiger partial charge is 0.243 e. The highest BCUT2D eigenvalue weighted by molar-refractivity contribution is 7.89. The molecule has 0 amide bonds. The van der Waals surface area contributed by atoms with Gasteiger partial charge in [0.2, 0.25) is 10.0 Å². The Morgan fingerprint density at radius 2 is 1.86 bits per heavy atom. The number of hydrogen-bond acceptors (Lipinski definition) is 3. The zero-order valence-electron chi connectivity index (χ0n) is 16.1. The maximum absolute atomic E-state index is 13.0. The molecule has 148 valence electrons. The molecule has 0 bridgehead atoms. The minimum atomic E-state index is -3.48. The lowest BCUT2D eigenvalue weighted by molar-refractivity contribution is 0.424. The average molecular weight is 417 g/mol. The van der Waals surface area contributed by atoms with Crippen LogP contribution in [-0.4, -0.2) is 25.8 Å². The van der Waals surface area contributed by atoms with Crippen LogP contribution in [0.4, 0.5) is 5.69 Å². The largest absolute Gasteiger partial charge is 0.378 e. The molecule has 28 heavy (non-hydrogen) atoms. The predicted molar refractivity (Wildman–Crippen MR) is 114 cm³/mol. The van der Waals surface area contributed by atoms with Crippen LogP contribution in [-0.2, 0) is 10.0 Å². The molecule has 1 N–H and O–H groups in total. The number of rotatable bonds is 5. The van der Waals surface area contributed by atoms with E-state index in [0.29, 0.717) is 23.9 Å². The normalized spacial score (nSPS) is 23.4. The molecule has 2 aliphatic rings. The van der Waals surface area contributed by atoms with Crippen molar-refractivity contribution in [2.24, 2.45) is 5.92 Å². The second kappa shape index (κ2) is 7.54. The summed E-state index contributed by atoms with van der Waals surface area (Å²) in [5, 5.41) is 4.39. The van der Waals surface area contributed by atoms with Gasteiger partial charge in [-0.15, -0.1) is 0 Å². The Labute approximate surface area is 172 Å². The van der Waals surface area contributed by atoms with Crippen LogP contribution in [0.5, 0.6) is 0 Å². The van der Waals surface area contributed by atoms with Gasteiger partial charge in [-0.25, -0.2) is 8.42 Å². The first-order valence-electron chi connectivity index (χ1n) is 9.79. The molecule has 2 aromatic rings. The lowest BCUT2D eigenvalue weighted by Gasteiger charge is -2.38. The molecule has 4 nitrogen and oxygen atoms in total. The number of halogens is 1. The van der Waals surface area contributed by atoms with Gasteiger partial charge in [-0.05, 0) is 47.7 Å². The monoisotopic (exact) mass is 416 g/mol. The van der Waals surface area contributed by atoms with Crippen molar-refractivity contribution in [3.63, 3.8) is 0 Å². The highest BCUT2D eigenvalue weighted by Gasteiger charge is 2.39. The first-order chi connectivity index (χ1) is 13.5. The van der Waals surface area contributed by atoms with E-state index in [1.165, 1.54) is 4.31 Å². The van der Waals surface area contributed by atoms with Crippen molar-refractivity contribution in [2.75, 3.05) is 18.4 Å². The van der Waals surface area contributed by atoms with E-state index in [2.05, 4.69) is 23.5 Å². The molecular formula is C22H25ClN2O2S. The molecule has 0 saturated heterocycles. The summed E-state index contributed by atoms with van der Waals surface area (Å²) in [6.07, 6.45) is 5.35. The number of sulfonamides is 1. The standard InChI is InChI=1S/C22H25ClN2O2S/c1-3-25(4-2)28(26,27)15-12-13-21-19(14-15)16-9-7-10-17(16)22(24-21)18-8-5-6-11-20(18)23/h5-9,11-14,16-17,22,24H,3-4,10H2,1-2H3. The summed E-state index contributed by atoms with van der Waals surface area (Å²) in [5.74, 6) is 0.503. The number of benzene rings is 2. The molecule has 0 saturated carbocycles. The summed E-state index contributed by atoms with van der Waals surface area (Å²) in [6.45, 7) is 4.67. The lowest BCUT2D eigenvalue weighted by atomic mass is 9.77. The van der Waals surface area contributed by atoms with Gasteiger partial charge in [-0.1, -0.05) is 55.8 Å². The maximum Gasteiger partial charge on any atom is 0.243 e. The van der Waals surface area contributed by atoms with Crippen LogP contribution in [0.1, 0.15) is 43.4 Å². The van der Waals surface area contributed by atoms with Crippen LogP contribution >= 0.6 is 11.6 Å². The van der Waals surface area contributed by atoms with E-state index in [9.17, 15) is 8.42 Å². The van der Waals surface area contributed by atoms with E-state index in [1.54, 1.807) is 6.07 Å². The first-order valence-corrected chi connectivity index (χ1v) is 11.6. The highest BCUT2D eigenvalue weighted by Crippen LogP contribution is 2.51. The van der Waals surface area contributed by atoms with Gasteiger partial charge in [0.05, 0.1) is 10.9 Å². The van der Waals surface area contributed by atoms with Crippen LogP contribution in [0, 0.1) is 5.92 Å². The Balaban J connectivity index is 1.76. The van der Waals surface area contributed by atoms with Gasteiger partial charge in [0.15, 0.2) is 0 Å². The Morgan fingerprint density at radius 3 is 2.57 bits per heavy atom. The molecule has 6 heteroatoms. The molecule has 0 spiro atoms. The van der Waals surface area contributed by atoms with E-state index in [0.717, 1.165) is 28.3 Å². The summed E-state index contributed by atoms with van der Waals surface area (Å²) in [4.78, 5) is 0.368. The van der Waals surface area contributed by atoms with Gasteiger partial charge in [0.1, 0.15) is 0 Å². The number of nitrogens with zero attached hydrogens (tertiary/aromatic N) is 1. The number of hydrogen-bond donors (Lipinski definition) is 1. The third kappa shape index (κ3) is 3.15. The van der Waals surface area contributed by atoms with Crippen molar-refractivity contribution in [2.45, 2.75) is 37.1 Å². The number of fused-ring (bicyclic) bond motifs is 3. The first kappa shape index (κ1) is 19.5. The van der Waals surface area contributed by atoms with E-state index < -0.39 is 10.0 Å². The molecule has 4 rings (SSSR count). The summed E-state index contributed by atoms with van der Waals surface area (Å²) in [6, 6.07) is 13.5. The van der Waals surface area contributed by atoms with E-state index in [4.69, 9.17) is 11.6 Å². The minimum Gasteiger partial charge on any atom is -0.378 e. The van der Waals surface area contributed by atoms with Crippen LogP contribution in [0.3, 0.4) is 0 Å². The molecule has 0 radical (unpaired) electrons. The summed E-state index contributed by atoms with van der Waals surface area (Å²) in [7, 11) is -3.48. The van der Waals surface area contributed by atoms with E-state index in [-0.39, 0.29) is 12.0 Å². The number of anilines is 1. The maximum atomic E-state index is 13.0. The predicted octanol–water partition coefficient (Wildman–Crippen LogP) is 5.20. The summed E-state index contributed by atoms with van der Waals surface area (Å²) in [5.41, 5.74) is 3.12. The van der Waals surface area contributed by atoms with Crippen LogP contribution in [0.25, 0.3) is 0 Å². The van der Waals surface area contributed by atoms with Crippen LogP contribution < -0.4 is 5.32 Å². The molecular weight excluding hydrogens is 392 g/mol. The molecule has 0 aromatic heterocycles. The second-order valence-electron chi connectivity index (χ2n) is 7.34. The van der Waals surface area contributed by atoms with Crippen molar-refractivity contribution >= 4 is 27.3 Å². The zero-order chi connectivity index (χ0) is 19.9. The summed E-state index contributed by atoms with van der Waals surface area (Å²) < 4.78 is 27.4. The van der Waals surface area contributed by atoms with Gasteiger partial charge in [0, 0.05) is 29.7 Å². The topological polar surface area (TPSA) is 49.4 Å². The number of allylic oxidation sites excluding steroid dienone is 2. The fourth-order valence-corrected chi connectivity index (χ4v) is 6.23. The molecule has 1 heterocycles. The van der Waals surface area contributed by atoms with E-state index in [1.807, 2.05) is 44.2 Å². The zero-order valence-corrected chi connectivity index (χ0v) is 17.7. The van der Waals surface area contributed by atoms with Crippen molar-refractivity contribution in [1.29, 1.82) is 0 Å². The van der Waals surface area contributed by atoms with Gasteiger partial charge >= 0.3 is 0 Å². The quantitative estimate of drug-likeness (QED) is 0.681. The lowest BCUT2D eigenvalue weighted by Crippen LogP contribution is -2.32. The van der Waals surface area contributed by atoms with E-state index >= 15 is 0 Å². The minimum absolute atomic E-state index is 0.103. The highest BCUT2D eigenvalue weighted by atomic mass is 35.5. The Bertz CT molecular complexity index is 1010. The molecule has 3 atom stereocenters. The van der Waals surface area contributed by atoms with Gasteiger partial charge in [-0.2, -0.15) is 4.31 Å². The molecule has 0 fully saturated rings. The second-order valence-corrected chi connectivity index (χ2v) is 9.68. The number of nitrogens with one attached hydrogen (secondary N) is 1. The molecule has 1 aliphatic carbocycles. The van der Waals surface area contributed by atoms with Gasteiger partial charge in [-0.3, -0.25) is 0 Å². The van der Waals surface area contributed by atoms with Crippen molar-refractivity contribution in [3.8, 4) is 0 Å². The van der Waals surface area contributed by atoms with Gasteiger partial charge in [0.25, 0.3) is 0 Å². The molecule has 2 aromatic carbocycles. The Kier molecular flexibility index (Phi) is 5.25. The third-order valence-corrected chi connectivity index (χ3v) is 8.31. The average Bonchev–Trinajstić information content (AvgIpc) is 3.18. The Hall–Kier alpha value is -1.82. The SMILES string of the molecule is CCN(CC)S(=O)(=O)c1ccc2c(c1)C1C=CCC1C(c1ccccc1Cl)N2. The summed E-state index contributed by atoms with van der Waals surface area (Å²) >= 11 is 6.48. The Morgan fingerprint density at radius 1 is 1.11 bits per heavy atom. The van der Waals surface area contributed by atoms with Crippen LogP contribution in [0.15, 0.2) is 59.5 Å². The molecule has 3 unspecified atom stereocenters. The fourth-order valence-electron chi connectivity index (χ4n) is 4.48. The van der Waals surface area contributed by atoms with Gasteiger partial charge < -0.3 is 5.32 Å². The van der Waals surface area contributed by atoms with Crippen molar-refractivity contribution in [3.05, 3.63) is 70.8 Å².